The van der Waals surface area contributed by atoms with E-state index in [4.69, 9.17) is 0 Å². The molecule has 1 aromatic heterocycles. The van der Waals surface area contributed by atoms with Crippen LogP contribution in [0, 0.1) is 10.1 Å². The van der Waals surface area contributed by atoms with Gasteiger partial charge in [-0.05, 0) is 11.6 Å². The van der Waals surface area contributed by atoms with Gasteiger partial charge in [0.15, 0.2) is 0 Å². The fourth-order valence-corrected chi connectivity index (χ4v) is 2.65. The van der Waals surface area contributed by atoms with Crippen LogP contribution < -0.4 is 0 Å². The Morgan fingerprint density at radius 1 is 1.05 bits per heavy atom. The standard InChI is InChI=1S/C17H14N2O2/c1-18-15-10-6-5-9-14(15)17(13-7-3-2-4-8-13)16(18)11-12-19(20)21/h2-12H,1H3/b12-11+. The first-order chi connectivity index (χ1) is 10.2. The lowest BCUT2D eigenvalue weighted by molar-refractivity contribution is -0.401. The molecule has 0 aliphatic heterocycles. The fraction of sp³-hybridized carbons (Fsp3) is 0.0588. The number of nitro groups is 1. The number of fused-ring (bicyclic) bond motifs is 1. The van der Waals surface area contributed by atoms with E-state index in [1.807, 2.05) is 66.2 Å². The second-order valence-electron chi connectivity index (χ2n) is 4.80. The minimum atomic E-state index is -0.438. The number of aromatic nitrogens is 1. The molecule has 21 heavy (non-hydrogen) atoms. The normalized spacial score (nSPS) is 11.3. The van der Waals surface area contributed by atoms with Crippen LogP contribution in [0.15, 0.2) is 60.8 Å². The van der Waals surface area contributed by atoms with Crippen LogP contribution in [-0.2, 0) is 7.05 Å². The number of benzene rings is 2. The number of hydrogen-bond donors (Lipinski definition) is 0. The molecule has 1 heterocycles. The highest BCUT2D eigenvalue weighted by Gasteiger charge is 2.14. The molecule has 4 heteroatoms. The lowest BCUT2D eigenvalue weighted by Gasteiger charge is -2.03. The van der Waals surface area contributed by atoms with E-state index in [0.717, 1.165) is 33.9 Å². The summed E-state index contributed by atoms with van der Waals surface area (Å²) in [4.78, 5) is 10.2. The lowest BCUT2D eigenvalue weighted by Crippen LogP contribution is -1.92. The van der Waals surface area contributed by atoms with E-state index in [0.29, 0.717) is 0 Å². The van der Waals surface area contributed by atoms with Crippen molar-refractivity contribution in [1.29, 1.82) is 0 Å². The molecule has 0 amide bonds. The molecule has 0 spiro atoms. The van der Waals surface area contributed by atoms with Gasteiger partial charge < -0.3 is 4.57 Å². The number of para-hydroxylation sites is 1. The summed E-state index contributed by atoms with van der Waals surface area (Å²) in [5, 5.41) is 11.7. The summed E-state index contributed by atoms with van der Waals surface area (Å²) >= 11 is 0. The van der Waals surface area contributed by atoms with Gasteiger partial charge in [-0.15, -0.1) is 0 Å². The van der Waals surface area contributed by atoms with Crippen molar-refractivity contribution < 1.29 is 4.92 Å². The summed E-state index contributed by atoms with van der Waals surface area (Å²) in [6, 6.07) is 18.0. The van der Waals surface area contributed by atoms with E-state index in [9.17, 15) is 10.1 Å². The van der Waals surface area contributed by atoms with Crippen molar-refractivity contribution in [2.45, 2.75) is 0 Å². The molecule has 2 aromatic carbocycles. The summed E-state index contributed by atoms with van der Waals surface area (Å²) < 4.78 is 1.98. The Morgan fingerprint density at radius 2 is 1.71 bits per heavy atom. The van der Waals surface area contributed by atoms with Crippen molar-refractivity contribution in [2.24, 2.45) is 7.05 Å². The summed E-state index contributed by atoms with van der Waals surface area (Å²) in [5.41, 5.74) is 3.96. The third kappa shape index (κ3) is 2.31. The van der Waals surface area contributed by atoms with E-state index in [-0.39, 0.29) is 0 Å². The van der Waals surface area contributed by atoms with Crippen molar-refractivity contribution in [1.82, 2.24) is 4.57 Å². The van der Waals surface area contributed by atoms with Crippen LogP contribution >= 0.6 is 0 Å². The molecule has 0 saturated carbocycles. The number of hydrogen-bond acceptors (Lipinski definition) is 2. The topological polar surface area (TPSA) is 48.1 Å². The Hall–Kier alpha value is -2.88. The van der Waals surface area contributed by atoms with Crippen molar-refractivity contribution in [3.63, 3.8) is 0 Å². The largest absolute Gasteiger partial charge is 0.343 e. The van der Waals surface area contributed by atoms with Crippen LogP contribution in [0.25, 0.3) is 28.1 Å². The summed E-state index contributed by atoms with van der Waals surface area (Å²) in [6.07, 6.45) is 2.54. The highest BCUT2D eigenvalue weighted by Crippen LogP contribution is 2.34. The SMILES string of the molecule is Cn1c(/C=C/[N+](=O)[O-])c(-c2ccccc2)c2ccccc21. The minimum absolute atomic E-state index is 0.438. The maximum absolute atomic E-state index is 10.7. The molecule has 0 unspecified atom stereocenters. The van der Waals surface area contributed by atoms with Crippen LogP contribution in [0.1, 0.15) is 5.69 Å². The van der Waals surface area contributed by atoms with Gasteiger partial charge in [0.05, 0.1) is 10.6 Å². The van der Waals surface area contributed by atoms with Gasteiger partial charge in [-0.2, -0.15) is 0 Å². The zero-order valence-corrected chi connectivity index (χ0v) is 11.6. The molecule has 0 aliphatic rings. The van der Waals surface area contributed by atoms with Crippen molar-refractivity contribution in [2.75, 3.05) is 0 Å². The number of rotatable bonds is 3. The highest BCUT2D eigenvalue weighted by molar-refractivity contribution is 6.00. The molecule has 0 aliphatic carbocycles. The predicted octanol–water partition coefficient (Wildman–Crippen LogP) is 4.09. The molecule has 3 aromatic rings. The average Bonchev–Trinajstić information content (AvgIpc) is 2.79. The first-order valence-corrected chi connectivity index (χ1v) is 6.63. The molecule has 0 atom stereocenters. The van der Waals surface area contributed by atoms with Crippen LogP contribution in [0.5, 0.6) is 0 Å². The Labute approximate surface area is 122 Å². The van der Waals surface area contributed by atoms with Gasteiger partial charge in [-0.25, -0.2) is 0 Å². The zero-order valence-electron chi connectivity index (χ0n) is 11.6. The molecule has 0 N–H and O–H groups in total. The third-order valence-electron chi connectivity index (χ3n) is 3.57. The molecule has 0 radical (unpaired) electrons. The minimum Gasteiger partial charge on any atom is -0.343 e. The molecule has 0 bridgehead atoms. The maximum atomic E-state index is 10.7. The lowest BCUT2D eigenvalue weighted by atomic mass is 10.0. The van der Waals surface area contributed by atoms with Crippen LogP contribution in [0.2, 0.25) is 0 Å². The first-order valence-electron chi connectivity index (χ1n) is 6.63. The Bertz CT molecular complexity index is 833. The van der Waals surface area contributed by atoms with Gasteiger partial charge in [0.25, 0.3) is 0 Å². The summed E-state index contributed by atoms with van der Waals surface area (Å²) in [6.45, 7) is 0. The number of aryl methyl sites for hydroxylation is 1. The van der Waals surface area contributed by atoms with Crippen LogP contribution in [0.3, 0.4) is 0 Å². The van der Waals surface area contributed by atoms with Crippen LogP contribution in [0.4, 0.5) is 0 Å². The Morgan fingerprint density at radius 3 is 2.43 bits per heavy atom. The predicted molar refractivity (Wildman–Crippen MR) is 84.4 cm³/mol. The molecule has 0 saturated heterocycles. The van der Waals surface area contributed by atoms with Crippen molar-refractivity contribution in [3.05, 3.63) is 76.6 Å². The van der Waals surface area contributed by atoms with E-state index in [2.05, 4.69) is 0 Å². The smallest absolute Gasteiger partial charge is 0.236 e. The van der Waals surface area contributed by atoms with E-state index < -0.39 is 4.92 Å². The first kappa shape index (κ1) is 13.1. The van der Waals surface area contributed by atoms with Gasteiger partial charge in [-0.3, -0.25) is 10.1 Å². The third-order valence-corrected chi connectivity index (χ3v) is 3.57. The van der Waals surface area contributed by atoms with Crippen molar-refractivity contribution in [3.8, 4) is 11.1 Å². The Balaban J connectivity index is 2.34. The highest BCUT2D eigenvalue weighted by atomic mass is 16.6. The average molecular weight is 278 g/mol. The number of nitrogens with zero attached hydrogens (tertiary/aromatic N) is 2. The second kappa shape index (κ2) is 5.25. The fourth-order valence-electron chi connectivity index (χ4n) is 2.65. The van der Waals surface area contributed by atoms with Gasteiger partial charge >= 0.3 is 0 Å². The maximum Gasteiger partial charge on any atom is 0.236 e. The molecular formula is C17H14N2O2. The van der Waals surface area contributed by atoms with E-state index >= 15 is 0 Å². The van der Waals surface area contributed by atoms with Gasteiger partial charge in [-0.1, -0.05) is 48.5 Å². The van der Waals surface area contributed by atoms with Gasteiger partial charge in [0.2, 0.25) is 6.20 Å². The van der Waals surface area contributed by atoms with Gasteiger partial charge in [0, 0.05) is 29.6 Å². The summed E-state index contributed by atoms with van der Waals surface area (Å²) in [7, 11) is 1.92. The Kier molecular flexibility index (Phi) is 3.28. The molecule has 0 fully saturated rings. The van der Waals surface area contributed by atoms with Gasteiger partial charge in [0.1, 0.15) is 0 Å². The quantitative estimate of drug-likeness (QED) is 0.535. The van der Waals surface area contributed by atoms with Crippen LogP contribution in [-0.4, -0.2) is 9.49 Å². The zero-order chi connectivity index (χ0) is 14.8. The molecular weight excluding hydrogens is 264 g/mol. The molecule has 4 nitrogen and oxygen atoms in total. The molecule has 104 valence electrons. The summed E-state index contributed by atoms with van der Waals surface area (Å²) in [5.74, 6) is 0. The monoisotopic (exact) mass is 278 g/mol. The van der Waals surface area contributed by atoms with E-state index in [1.165, 1.54) is 0 Å². The second-order valence-corrected chi connectivity index (χ2v) is 4.80. The van der Waals surface area contributed by atoms with E-state index in [1.54, 1.807) is 6.08 Å². The van der Waals surface area contributed by atoms with Crippen molar-refractivity contribution >= 4 is 17.0 Å². The molecule has 3 rings (SSSR count).